The number of rotatable bonds is 3. The Hall–Kier alpha value is -0.810. The summed E-state index contributed by atoms with van der Waals surface area (Å²) in [6.07, 6.45) is 3.01. The molecule has 1 aliphatic rings. The summed E-state index contributed by atoms with van der Waals surface area (Å²) >= 11 is 3.60. The maximum Gasteiger partial charge on any atom is 0.143 e. The molecular formula is C13H21BrN4. The number of anilines is 2. The van der Waals surface area contributed by atoms with Gasteiger partial charge in [0.1, 0.15) is 5.82 Å². The minimum atomic E-state index is 0.728. The Morgan fingerprint density at radius 3 is 2.94 bits per heavy atom. The van der Waals surface area contributed by atoms with Crippen molar-refractivity contribution in [1.82, 2.24) is 9.88 Å². The van der Waals surface area contributed by atoms with Gasteiger partial charge in [0, 0.05) is 20.1 Å². The number of hydrogen-bond acceptors (Lipinski definition) is 4. The number of nitrogens with two attached hydrogens (primary N) is 1. The molecule has 1 unspecified atom stereocenters. The third-order valence-corrected chi connectivity index (χ3v) is 4.62. The van der Waals surface area contributed by atoms with Crippen molar-refractivity contribution in [3.8, 4) is 0 Å². The fourth-order valence-electron chi connectivity index (χ4n) is 2.49. The average Bonchev–Trinajstić information content (AvgIpc) is 2.71. The maximum absolute atomic E-state index is 5.85. The van der Waals surface area contributed by atoms with Gasteiger partial charge in [-0.25, -0.2) is 4.98 Å². The lowest BCUT2D eigenvalue weighted by molar-refractivity contribution is 0.395. The summed E-state index contributed by atoms with van der Waals surface area (Å²) in [4.78, 5) is 9.05. The predicted molar refractivity (Wildman–Crippen MR) is 80.0 cm³/mol. The van der Waals surface area contributed by atoms with Gasteiger partial charge in [-0.3, -0.25) is 0 Å². The van der Waals surface area contributed by atoms with E-state index in [1.165, 1.54) is 19.5 Å². The van der Waals surface area contributed by atoms with Crippen LogP contribution in [0.5, 0.6) is 0 Å². The van der Waals surface area contributed by atoms with Gasteiger partial charge >= 0.3 is 0 Å². The van der Waals surface area contributed by atoms with Crippen LogP contribution in [0.15, 0.2) is 10.7 Å². The van der Waals surface area contributed by atoms with Crippen LogP contribution in [0.4, 0.5) is 11.5 Å². The first-order valence-corrected chi connectivity index (χ1v) is 7.08. The molecule has 0 radical (unpaired) electrons. The zero-order chi connectivity index (χ0) is 13.3. The van der Waals surface area contributed by atoms with Crippen LogP contribution in [0.1, 0.15) is 12.0 Å². The van der Waals surface area contributed by atoms with Gasteiger partial charge in [-0.15, -0.1) is 0 Å². The zero-order valence-corrected chi connectivity index (χ0v) is 12.9. The molecule has 0 saturated carbocycles. The van der Waals surface area contributed by atoms with Crippen molar-refractivity contribution in [1.29, 1.82) is 0 Å². The summed E-state index contributed by atoms with van der Waals surface area (Å²) in [5.74, 6) is 1.71. The van der Waals surface area contributed by atoms with Gasteiger partial charge in [0.05, 0.1) is 16.4 Å². The SMILES string of the molecule is Cc1c(N)cnc(N(C)CC2CCN(C)C2)c1Br. The standard InChI is InChI=1S/C13H21BrN4/c1-9-11(15)6-16-13(12(9)14)18(3)8-10-4-5-17(2)7-10/h6,10H,4-5,7-8,15H2,1-3H3. The van der Waals surface area contributed by atoms with Crippen molar-refractivity contribution in [3.05, 3.63) is 16.2 Å². The monoisotopic (exact) mass is 312 g/mol. The summed E-state index contributed by atoms with van der Waals surface area (Å²) < 4.78 is 1.01. The average molecular weight is 313 g/mol. The van der Waals surface area contributed by atoms with Gasteiger partial charge in [-0.1, -0.05) is 0 Å². The highest BCUT2D eigenvalue weighted by Crippen LogP contribution is 2.30. The van der Waals surface area contributed by atoms with Gasteiger partial charge in [-0.2, -0.15) is 0 Å². The van der Waals surface area contributed by atoms with Crippen molar-refractivity contribution in [3.63, 3.8) is 0 Å². The number of pyridine rings is 1. The lowest BCUT2D eigenvalue weighted by Crippen LogP contribution is -2.28. The van der Waals surface area contributed by atoms with E-state index in [1.807, 2.05) is 6.92 Å². The number of hydrogen-bond donors (Lipinski definition) is 1. The topological polar surface area (TPSA) is 45.4 Å². The summed E-state index contributed by atoms with van der Waals surface area (Å²) in [6.45, 7) is 5.44. The molecule has 0 bridgehead atoms. The molecule has 2 rings (SSSR count). The van der Waals surface area contributed by atoms with Crippen molar-refractivity contribution in [2.75, 3.05) is 44.4 Å². The van der Waals surface area contributed by atoms with E-state index in [0.29, 0.717) is 0 Å². The van der Waals surface area contributed by atoms with Crippen LogP contribution in [-0.4, -0.2) is 43.6 Å². The van der Waals surface area contributed by atoms with E-state index < -0.39 is 0 Å². The molecule has 1 fully saturated rings. The first-order valence-electron chi connectivity index (χ1n) is 6.29. The molecule has 1 saturated heterocycles. The molecule has 18 heavy (non-hydrogen) atoms. The molecule has 0 spiro atoms. The number of likely N-dealkylation sites (tertiary alicyclic amines) is 1. The molecule has 0 amide bonds. The Balaban J connectivity index is 2.09. The van der Waals surface area contributed by atoms with Crippen molar-refractivity contribution < 1.29 is 0 Å². The van der Waals surface area contributed by atoms with E-state index in [4.69, 9.17) is 5.73 Å². The number of aromatic nitrogens is 1. The van der Waals surface area contributed by atoms with Gasteiger partial charge in [-0.05, 0) is 54.3 Å². The molecule has 0 aromatic carbocycles. The molecule has 1 aromatic heterocycles. The van der Waals surface area contributed by atoms with E-state index in [-0.39, 0.29) is 0 Å². The predicted octanol–water partition coefficient (Wildman–Crippen LogP) is 2.12. The Labute approximate surface area is 117 Å². The number of nitrogens with zero attached hydrogens (tertiary/aromatic N) is 3. The van der Waals surface area contributed by atoms with Crippen LogP contribution in [-0.2, 0) is 0 Å². The lowest BCUT2D eigenvalue weighted by Gasteiger charge is -2.24. The van der Waals surface area contributed by atoms with E-state index in [0.717, 1.165) is 34.0 Å². The second-order valence-electron chi connectivity index (χ2n) is 5.27. The second-order valence-corrected chi connectivity index (χ2v) is 6.07. The van der Waals surface area contributed by atoms with Gasteiger partial charge in [0.15, 0.2) is 0 Å². The summed E-state index contributed by atoms with van der Waals surface area (Å²) in [5, 5.41) is 0. The molecule has 0 aliphatic carbocycles. The molecule has 4 nitrogen and oxygen atoms in total. The third kappa shape index (κ3) is 2.78. The van der Waals surface area contributed by atoms with E-state index in [9.17, 15) is 0 Å². The van der Waals surface area contributed by atoms with Crippen LogP contribution in [0, 0.1) is 12.8 Å². The van der Waals surface area contributed by atoms with Crippen LogP contribution < -0.4 is 10.6 Å². The fourth-order valence-corrected chi connectivity index (χ4v) is 3.13. The minimum absolute atomic E-state index is 0.728. The summed E-state index contributed by atoms with van der Waals surface area (Å²) in [5.41, 5.74) is 7.65. The Kier molecular flexibility index (Phi) is 4.12. The van der Waals surface area contributed by atoms with Crippen LogP contribution >= 0.6 is 15.9 Å². The highest BCUT2D eigenvalue weighted by Gasteiger charge is 2.22. The summed E-state index contributed by atoms with van der Waals surface area (Å²) in [6, 6.07) is 0. The first-order chi connectivity index (χ1) is 8.49. The van der Waals surface area contributed by atoms with Crippen LogP contribution in [0.25, 0.3) is 0 Å². The Morgan fingerprint density at radius 2 is 2.33 bits per heavy atom. The third-order valence-electron chi connectivity index (χ3n) is 3.67. The fraction of sp³-hybridized carbons (Fsp3) is 0.615. The first kappa shape index (κ1) is 13.6. The second kappa shape index (κ2) is 5.45. The van der Waals surface area contributed by atoms with Crippen molar-refractivity contribution >= 4 is 27.4 Å². The van der Waals surface area contributed by atoms with Gasteiger partial charge in [0.2, 0.25) is 0 Å². The quantitative estimate of drug-likeness (QED) is 0.928. The highest BCUT2D eigenvalue weighted by atomic mass is 79.9. The largest absolute Gasteiger partial charge is 0.397 e. The molecule has 5 heteroatoms. The number of nitrogen functional groups attached to an aromatic ring is 1. The van der Waals surface area contributed by atoms with Crippen LogP contribution in [0.3, 0.4) is 0 Å². The van der Waals surface area contributed by atoms with Crippen molar-refractivity contribution in [2.24, 2.45) is 5.92 Å². The Bertz CT molecular complexity index is 435. The summed E-state index contributed by atoms with van der Waals surface area (Å²) in [7, 11) is 4.28. The highest BCUT2D eigenvalue weighted by molar-refractivity contribution is 9.10. The minimum Gasteiger partial charge on any atom is -0.397 e. The lowest BCUT2D eigenvalue weighted by atomic mass is 10.1. The zero-order valence-electron chi connectivity index (χ0n) is 11.3. The van der Waals surface area contributed by atoms with Crippen LogP contribution in [0.2, 0.25) is 0 Å². The molecule has 100 valence electrons. The van der Waals surface area contributed by atoms with Gasteiger partial charge in [0.25, 0.3) is 0 Å². The maximum atomic E-state index is 5.85. The van der Waals surface area contributed by atoms with E-state index in [1.54, 1.807) is 6.20 Å². The molecule has 1 atom stereocenters. The molecular weight excluding hydrogens is 292 g/mol. The van der Waals surface area contributed by atoms with Gasteiger partial charge < -0.3 is 15.5 Å². The normalized spacial score (nSPS) is 20.3. The van der Waals surface area contributed by atoms with E-state index >= 15 is 0 Å². The molecule has 2 N–H and O–H groups in total. The number of halogens is 1. The smallest absolute Gasteiger partial charge is 0.143 e. The molecule has 1 aliphatic heterocycles. The molecule has 1 aromatic rings. The van der Waals surface area contributed by atoms with E-state index in [2.05, 4.69) is 44.8 Å². The van der Waals surface area contributed by atoms with Crippen molar-refractivity contribution in [2.45, 2.75) is 13.3 Å². The Morgan fingerprint density at radius 1 is 1.61 bits per heavy atom. The molecule has 2 heterocycles.